The van der Waals surface area contributed by atoms with E-state index in [9.17, 15) is 0 Å². The lowest BCUT2D eigenvalue weighted by molar-refractivity contribution is 0.292. The van der Waals surface area contributed by atoms with Crippen molar-refractivity contribution in [1.82, 2.24) is 0 Å². The fourth-order valence-electron chi connectivity index (χ4n) is 5.89. The highest BCUT2D eigenvalue weighted by molar-refractivity contribution is 7.79. The van der Waals surface area contributed by atoms with Gasteiger partial charge in [0.2, 0.25) is 0 Å². The first kappa shape index (κ1) is 27.6. The van der Waals surface area contributed by atoms with Crippen LogP contribution < -0.4 is 0 Å². The summed E-state index contributed by atoms with van der Waals surface area (Å²) in [5.74, 6) is 0.657. The molecule has 0 bridgehead atoms. The van der Waals surface area contributed by atoms with Crippen LogP contribution in [-0.2, 0) is 11.8 Å². The zero-order valence-corrected chi connectivity index (χ0v) is 25.2. The third kappa shape index (κ3) is 5.13. The number of hydrogen-bond acceptors (Lipinski definition) is 5. The molecule has 2 heterocycles. The summed E-state index contributed by atoms with van der Waals surface area (Å²) in [5.41, 5.74) is 6.49. The SMILES string of the molecule is CCCCCCc1cc(C2=CC=C(c3cc4c(s3)C(C)(CC)C4CCCCC)/C(=N/S)C2=N)sc1C. The second kappa shape index (κ2) is 12.0. The molecule has 0 saturated heterocycles. The van der Waals surface area contributed by atoms with Gasteiger partial charge in [0.05, 0.1) is 5.71 Å². The summed E-state index contributed by atoms with van der Waals surface area (Å²) in [6.07, 6.45) is 16.9. The number of hydrogen-bond donors (Lipinski definition) is 2. The normalized spacial score (nSPS) is 22.4. The van der Waals surface area contributed by atoms with E-state index in [1.54, 1.807) is 4.88 Å². The maximum absolute atomic E-state index is 9.06. The molecule has 0 fully saturated rings. The zero-order chi connectivity index (χ0) is 25.9. The summed E-state index contributed by atoms with van der Waals surface area (Å²) in [6.45, 7) is 11.5. The number of unbranched alkanes of at least 4 members (excludes halogenated alkanes) is 5. The molecule has 1 N–H and O–H groups in total. The van der Waals surface area contributed by atoms with Crippen molar-refractivity contribution < 1.29 is 0 Å². The Kier molecular flexibility index (Phi) is 9.17. The van der Waals surface area contributed by atoms with Crippen molar-refractivity contribution in [3.63, 3.8) is 0 Å². The maximum atomic E-state index is 9.06. The molecule has 2 aromatic rings. The monoisotopic (exact) mass is 538 g/mol. The smallest absolute Gasteiger partial charge is 0.105 e. The van der Waals surface area contributed by atoms with Crippen LogP contribution in [0.25, 0.3) is 11.1 Å². The van der Waals surface area contributed by atoms with Crippen LogP contribution in [0.5, 0.6) is 0 Å². The van der Waals surface area contributed by atoms with Crippen LogP contribution in [0.2, 0.25) is 0 Å². The van der Waals surface area contributed by atoms with Gasteiger partial charge in [-0.15, -0.1) is 22.7 Å². The molecule has 0 amide bonds. The van der Waals surface area contributed by atoms with Crippen molar-refractivity contribution in [2.24, 2.45) is 4.40 Å². The van der Waals surface area contributed by atoms with Crippen molar-refractivity contribution >= 4 is 58.1 Å². The third-order valence-corrected chi connectivity index (χ3v) is 11.2. The summed E-state index contributed by atoms with van der Waals surface area (Å²) in [6, 6.07) is 4.71. The number of allylic oxidation sites excluding steroid dienone is 4. The highest BCUT2D eigenvalue weighted by atomic mass is 32.1. The molecule has 2 aliphatic carbocycles. The van der Waals surface area contributed by atoms with E-state index >= 15 is 0 Å². The number of nitrogens with zero attached hydrogens (tertiary/aromatic N) is 1. The van der Waals surface area contributed by atoms with Crippen LogP contribution in [-0.4, -0.2) is 11.4 Å². The summed E-state index contributed by atoms with van der Waals surface area (Å²) in [4.78, 5) is 5.34. The van der Waals surface area contributed by atoms with Crippen molar-refractivity contribution in [3.05, 3.63) is 54.9 Å². The first-order valence-electron chi connectivity index (χ1n) is 13.9. The van der Waals surface area contributed by atoms with Crippen molar-refractivity contribution in [2.45, 2.75) is 110 Å². The lowest BCUT2D eigenvalue weighted by Crippen LogP contribution is -2.38. The van der Waals surface area contributed by atoms with Crippen LogP contribution in [0.3, 0.4) is 0 Å². The number of nitrogens with one attached hydrogen (secondary N) is 1. The van der Waals surface area contributed by atoms with E-state index in [1.807, 2.05) is 22.7 Å². The fraction of sp³-hybridized carbons (Fsp3) is 0.548. The first-order valence-corrected chi connectivity index (χ1v) is 15.9. The number of rotatable bonds is 12. The second-order valence-electron chi connectivity index (χ2n) is 10.7. The lowest BCUT2D eigenvalue weighted by atomic mass is 9.59. The van der Waals surface area contributed by atoms with Crippen LogP contribution in [0.15, 0.2) is 28.7 Å². The van der Waals surface area contributed by atoms with E-state index in [4.69, 9.17) is 5.41 Å². The highest BCUT2D eigenvalue weighted by Gasteiger charge is 2.48. The summed E-state index contributed by atoms with van der Waals surface area (Å²) < 4.78 is 4.35. The summed E-state index contributed by atoms with van der Waals surface area (Å²) >= 11 is 8.06. The minimum absolute atomic E-state index is 0.288. The van der Waals surface area contributed by atoms with E-state index in [-0.39, 0.29) is 5.41 Å². The Hall–Kier alpha value is -1.43. The number of fused-ring (bicyclic) bond motifs is 1. The Morgan fingerprint density at radius 2 is 1.64 bits per heavy atom. The number of thiophene rings is 2. The lowest BCUT2D eigenvalue weighted by Gasteiger charge is -2.47. The van der Waals surface area contributed by atoms with Crippen LogP contribution in [0.1, 0.15) is 122 Å². The largest absolute Gasteiger partial charge is 0.298 e. The zero-order valence-electron chi connectivity index (χ0n) is 22.7. The van der Waals surface area contributed by atoms with E-state index in [2.05, 4.69) is 76.1 Å². The molecular weight excluding hydrogens is 497 g/mol. The maximum Gasteiger partial charge on any atom is 0.105 e. The van der Waals surface area contributed by atoms with Gasteiger partial charge in [-0.3, -0.25) is 5.41 Å². The van der Waals surface area contributed by atoms with Gasteiger partial charge in [-0.2, -0.15) is 0 Å². The Balaban J connectivity index is 1.60. The Morgan fingerprint density at radius 3 is 2.33 bits per heavy atom. The van der Waals surface area contributed by atoms with E-state index < -0.39 is 0 Å². The van der Waals surface area contributed by atoms with Crippen molar-refractivity contribution in [3.8, 4) is 0 Å². The molecule has 2 unspecified atom stereocenters. The third-order valence-electron chi connectivity index (χ3n) is 8.38. The van der Waals surface area contributed by atoms with Gasteiger partial charge in [-0.05, 0) is 74.6 Å². The summed E-state index contributed by atoms with van der Waals surface area (Å²) in [7, 11) is 0. The number of aryl methyl sites for hydroxylation is 2. The van der Waals surface area contributed by atoms with Gasteiger partial charge in [-0.1, -0.05) is 78.4 Å². The predicted molar refractivity (Wildman–Crippen MR) is 166 cm³/mol. The molecule has 2 aliphatic rings. The van der Waals surface area contributed by atoms with Gasteiger partial charge in [0.15, 0.2) is 0 Å². The molecule has 2 nitrogen and oxygen atoms in total. The molecule has 0 aliphatic heterocycles. The van der Waals surface area contributed by atoms with Gasteiger partial charge >= 0.3 is 0 Å². The molecule has 194 valence electrons. The van der Waals surface area contributed by atoms with Crippen molar-refractivity contribution in [2.75, 3.05) is 0 Å². The van der Waals surface area contributed by atoms with Crippen molar-refractivity contribution in [1.29, 1.82) is 5.41 Å². The molecule has 2 aromatic heterocycles. The molecule has 36 heavy (non-hydrogen) atoms. The van der Waals surface area contributed by atoms with Gasteiger partial charge in [0.25, 0.3) is 0 Å². The standard InChI is InChI=1S/C31H42N2S3/c1-6-9-11-13-14-21-18-26(35-20(21)4)22-16-17-23(29(33-34)28(22)32)27-19-24-25(15-12-10-7-2)31(5,8-3)30(24)36-27/h16-19,25,32,34H,6-15H2,1-5H3/b32-28?,33-29-. The average Bonchev–Trinajstić information content (AvgIpc) is 3.45. The molecule has 0 saturated carbocycles. The highest BCUT2D eigenvalue weighted by Crippen LogP contribution is 2.60. The topological polar surface area (TPSA) is 36.2 Å². The van der Waals surface area contributed by atoms with E-state index in [0.717, 1.165) is 17.6 Å². The Labute approximate surface area is 232 Å². The molecule has 0 radical (unpaired) electrons. The van der Waals surface area contributed by atoms with Gasteiger partial charge in [-0.25, -0.2) is 4.40 Å². The van der Waals surface area contributed by atoms with Crippen LogP contribution in [0, 0.1) is 12.3 Å². The molecule has 0 aromatic carbocycles. The van der Waals surface area contributed by atoms with E-state index in [1.165, 1.54) is 83.5 Å². The number of thiol groups is 1. The first-order chi connectivity index (χ1) is 17.4. The molecule has 0 spiro atoms. The quantitative estimate of drug-likeness (QED) is 0.153. The minimum Gasteiger partial charge on any atom is -0.298 e. The Bertz CT molecular complexity index is 1190. The van der Waals surface area contributed by atoms with Gasteiger partial charge in [0.1, 0.15) is 5.71 Å². The molecule has 5 heteroatoms. The van der Waals surface area contributed by atoms with Crippen LogP contribution in [0.4, 0.5) is 0 Å². The fourth-order valence-corrected chi connectivity index (χ4v) is 8.72. The predicted octanol–water partition coefficient (Wildman–Crippen LogP) is 10.4. The molecule has 2 atom stereocenters. The minimum atomic E-state index is 0.288. The Morgan fingerprint density at radius 1 is 0.944 bits per heavy atom. The van der Waals surface area contributed by atoms with Gasteiger partial charge in [0, 0.05) is 36.1 Å². The molecular formula is C31H42N2S3. The van der Waals surface area contributed by atoms with E-state index in [0.29, 0.717) is 17.3 Å². The second-order valence-corrected chi connectivity index (χ2v) is 13.2. The van der Waals surface area contributed by atoms with Crippen LogP contribution >= 0.6 is 35.5 Å². The average molecular weight is 539 g/mol. The summed E-state index contributed by atoms with van der Waals surface area (Å²) in [5, 5.41) is 9.06. The molecule has 4 rings (SSSR count). The van der Waals surface area contributed by atoms with Gasteiger partial charge < -0.3 is 0 Å².